The summed E-state index contributed by atoms with van der Waals surface area (Å²) in [6, 6.07) is 0. The van der Waals surface area contributed by atoms with E-state index in [1.807, 2.05) is 0 Å². The molecule has 0 saturated carbocycles. The monoisotopic (exact) mass is 383 g/mol. The topological polar surface area (TPSA) is 46.9 Å². The number of benzene rings is 1. The fourth-order valence-electron chi connectivity index (χ4n) is 1.62. The number of nitrogens with one attached hydrogen (secondary N) is 1. The Morgan fingerprint density at radius 2 is 1.64 bits per heavy atom. The van der Waals surface area contributed by atoms with Crippen molar-refractivity contribution in [2.24, 2.45) is 0 Å². The van der Waals surface area contributed by atoms with Crippen LogP contribution >= 0.6 is 15.9 Å². The number of carbonyl (C=O) groups excluding carboxylic acids is 1. The highest BCUT2D eigenvalue weighted by Crippen LogP contribution is 2.27. The SMILES string of the molecule is Cc1nn(CC(=O)Nc2c(F)c(F)c(F)c(F)c2F)cc1Br. The minimum atomic E-state index is -2.29. The number of nitrogens with zero attached hydrogens (tertiary/aromatic N) is 2. The fourth-order valence-corrected chi connectivity index (χ4v) is 1.93. The molecule has 2 aromatic rings. The molecule has 1 amide bonds. The number of hydrogen-bond donors (Lipinski definition) is 1. The van der Waals surface area contributed by atoms with Crippen molar-refractivity contribution >= 4 is 27.5 Å². The molecule has 0 fully saturated rings. The van der Waals surface area contributed by atoms with E-state index in [4.69, 9.17) is 0 Å². The van der Waals surface area contributed by atoms with E-state index < -0.39 is 47.2 Å². The van der Waals surface area contributed by atoms with Gasteiger partial charge < -0.3 is 5.32 Å². The lowest BCUT2D eigenvalue weighted by atomic mass is 10.2. The van der Waals surface area contributed by atoms with Gasteiger partial charge in [0.2, 0.25) is 11.7 Å². The van der Waals surface area contributed by atoms with Crippen molar-refractivity contribution in [2.45, 2.75) is 13.5 Å². The Kier molecular flexibility index (Phi) is 4.50. The Balaban J connectivity index is 2.25. The Hall–Kier alpha value is -1.97. The summed E-state index contributed by atoms with van der Waals surface area (Å²) in [5, 5.41) is 5.55. The normalized spacial score (nSPS) is 10.9. The number of aryl methyl sites for hydroxylation is 1. The number of aromatic nitrogens is 2. The van der Waals surface area contributed by atoms with Gasteiger partial charge in [-0.15, -0.1) is 0 Å². The van der Waals surface area contributed by atoms with Gasteiger partial charge in [-0.1, -0.05) is 0 Å². The summed E-state index contributed by atoms with van der Waals surface area (Å²) in [6.45, 7) is 1.18. The van der Waals surface area contributed by atoms with Crippen molar-refractivity contribution in [3.8, 4) is 0 Å². The molecule has 0 bridgehead atoms. The zero-order chi connectivity index (χ0) is 16.6. The van der Waals surface area contributed by atoms with Crippen LogP contribution in [-0.4, -0.2) is 15.7 Å². The predicted molar refractivity (Wildman–Crippen MR) is 69.5 cm³/mol. The van der Waals surface area contributed by atoms with Crippen LogP contribution in [0.1, 0.15) is 5.69 Å². The van der Waals surface area contributed by atoms with Crippen LogP contribution in [0.15, 0.2) is 10.7 Å². The van der Waals surface area contributed by atoms with Gasteiger partial charge in [0.15, 0.2) is 23.3 Å². The lowest BCUT2D eigenvalue weighted by molar-refractivity contribution is -0.117. The smallest absolute Gasteiger partial charge is 0.246 e. The Labute approximate surface area is 129 Å². The van der Waals surface area contributed by atoms with E-state index in [0.717, 1.165) is 4.68 Å². The summed E-state index contributed by atoms with van der Waals surface area (Å²) < 4.78 is 67.4. The van der Waals surface area contributed by atoms with Gasteiger partial charge in [0.25, 0.3) is 0 Å². The second-order valence-electron chi connectivity index (χ2n) is 4.25. The van der Waals surface area contributed by atoms with E-state index in [1.54, 1.807) is 12.2 Å². The number of anilines is 1. The maximum Gasteiger partial charge on any atom is 0.246 e. The number of hydrogen-bond acceptors (Lipinski definition) is 2. The highest BCUT2D eigenvalue weighted by Gasteiger charge is 2.26. The van der Waals surface area contributed by atoms with Gasteiger partial charge in [0.05, 0.1) is 10.2 Å². The Morgan fingerprint density at radius 3 is 2.09 bits per heavy atom. The first-order chi connectivity index (χ1) is 10.2. The average molecular weight is 384 g/mol. The van der Waals surface area contributed by atoms with Gasteiger partial charge in [-0.2, -0.15) is 5.10 Å². The maximum absolute atomic E-state index is 13.4. The van der Waals surface area contributed by atoms with Gasteiger partial charge in [-0.25, -0.2) is 22.0 Å². The second-order valence-corrected chi connectivity index (χ2v) is 5.11. The maximum atomic E-state index is 13.4. The van der Waals surface area contributed by atoms with Crippen molar-refractivity contribution in [1.29, 1.82) is 0 Å². The molecule has 0 saturated heterocycles. The average Bonchev–Trinajstić information content (AvgIpc) is 2.77. The third-order valence-electron chi connectivity index (χ3n) is 2.67. The molecule has 0 aliphatic heterocycles. The molecule has 0 spiro atoms. The van der Waals surface area contributed by atoms with E-state index in [0.29, 0.717) is 10.2 Å². The molecular formula is C12H7BrF5N3O. The fraction of sp³-hybridized carbons (Fsp3) is 0.167. The number of carbonyl (C=O) groups is 1. The van der Waals surface area contributed by atoms with Gasteiger partial charge in [-0.3, -0.25) is 9.48 Å². The predicted octanol–water partition coefficient (Wildman–Crippen LogP) is 3.29. The van der Waals surface area contributed by atoms with Gasteiger partial charge >= 0.3 is 0 Å². The second kappa shape index (κ2) is 6.03. The van der Waals surface area contributed by atoms with E-state index in [2.05, 4.69) is 21.0 Å². The molecule has 10 heteroatoms. The molecule has 1 aromatic heterocycles. The summed E-state index contributed by atoms with van der Waals surface area (Å²) in [5.41, 5.74) is -0.839. The lowest BCUT2D eigenvalue weighted by Crippen LogP contribution is -2.21. The number of rotatable bonds is 3. The highest BCUT2D eigenvalue weighted by atomic mass is 79.9. The van der Waals surface area contributed by atoms with Crippen molar-refractivity contribution in [2.75, 3.05) is 5.32 Å². The summed E-state index contributed by atoms with van der Waals surface area (Å²) in [4.78, 5) is 11.7. The van der Waals surface area contributed by atoms with Crippen LogP contribution in [0.3, 0.4) is 0 Å². The number of halogens is 6. The zero-order valence-electron chi connectivity index (χ0n) is 10.9. The van der Waals surface area contributed by atoms with Gasteiger partial charge in [-0.05, 0) is 22.9 Å². The van der Waals surface area contributed by atoms with E-state index in [-0.39, 0.29) is 0 Å². The van der Waals surface area contributed by atoms with Crippen LogP contribution in [0, 0.1) is 36.0 Å². The van der Waals surface area contributed by atoms with Crippen LogP contribution in [0.5, 0.6) is 0 Å². The standard InChI is InChI=1S/C12H7BrF5N3O/c1-4-5(13)2-21(20-4)3-6(22)19-12-10(17)8(15)7(14)9(16)11(12)18/h2H,3H2,1H3,(H,19,22). The first kappa shape index (κ1) is 16.4. The molecule has 1 N–H and O–H groups in total. The Bertz CT molecular complexity index is 713. The minimum absolute atomic E-state index is 0.466. The third kappa shape index (κ3) is 2.96. The quantitative estimate of drug-likeness (QED) is 0.502. The Morgan fingerprint density at radius 1 is 1.14 bits per heavy atom. The summed E-state index contributed by atoms with van der Waals surface area (Å²) in [5.74, 6) is -11.8. The molecule has 1 aromatic carbocycles. The molecular weight excluding hydrogens is 377 g/mol. The molecule has 0 atom stereocenters. The van der Waals surface area contributed by atoms with Crippen LogP contribution in [0.2, 0.25) is 0 Å². The van der Waals surface area contributed by atoms with Gasteiger partial charge in [0, 0.05) is 6.20 Å². The van der Waals surface area contributed by atoms with Crippen LogP contribution in [0.25, 0.3) is 0 Å². The van der Waals surface area contributed by atoms with E-state index in [1.165, 1.54) is 6.20 Å². The molecule has 0 radical (unpaired) electrons. The van der Waals surface area contributed by atoms with Gasteiger partial charge in [0.1, 0.15) is 12.2 Å². The molecule has 0 unspecified atom stereocenters. The molecule has 0 aliphatic rings. The lowest BCUT2D eigenvalue weighted by Gasteiger charge is -2.09. The van der Waals surface area contributed by atoms with Crippen molar-refractivity contribution in [1.82, 2.24) is 9.78 Å². The molecule has 2 rings (SSSR count). The van der Waals surface area contributed by atoms with Crippen molar-refractivity contribution in [3.05, 3.63) is 45.4 Å². The third-order valence-corrected chi connectivity index (χ3v) is 3.44. The number of amides is 1. The first-order valence-electron chi connectivity index (χ1n) is 5.73. The van der Waals surface area contributed by atoms with E-state index >= 15 is 0 Å². The largest absolute Gasteiger partial charge is 0.319 e. The minimum Gasteiger partial charge on any atom is -0.319 e. The molecule has 0 aliphatic carbocycles. The molecule has 118 valence electrons. The molecule has 22 heavy (non-hydrogen) atoms. The summed E-state index contributed by atoms with van der Waals surface area (Å²) in [6.07, 6.45) is 1.42. The molecule has 4 nitrogen and oxygen atoms in total. The van der Waals surface area contributed by atoms with Crippen molar-refractivity contribution in [3.63, 3.8) is 0 Å². The highest BCUT2D eigenvalue weighted by molar-refractivity contribution is 9.10. The van der Waals surface area contributed by atoms with E-state index in [9.17, 15) is 26.7 Å². The summed E-state index contributed by atoms with van der Waals surface area (Å²) in [7, 11) is 0. The van der Waals surface area contributed by atoms with Crippen LogP contribution in [-0.2, 0) is 11.3 Å². The van der Waals surface area contributed by atoms with Crippen molar-refractivity contribution < 1.29 is 26.7 Å². The first-order valence-corrected chi connectivity index (χ1v) is 6.52. The molecule has 1 heterocycles. The zero-order valence-corrected chi connectivity index (χ0v) is 12.4. The van der Waals surface area contributed by atoms with Crippen LogP contribution < -0.4 is 5.32 Å². The summed E-state index contributed by atoms with van der Waals surface area (Å²) >= 11 is 3.15. The van der Waals surface area contributed by atoms with Crippen LogP contribution in [0.4, 0.5) is 27.6 Å².